The van der Waals surface area contributed by atoms with Gasteiger partial charge in [-0.2, -0.15) is 9.40 Å². The predicted octanol–water partition coefficient (Wildman–Crippen LogP) is -0.407. The van der Waals surface area contributed by atoms with Gasteiger partial charge in [0, 0.05) is 12.7 Å². The molecule has 1 N–H and O–H groups in total. The molecule has 0 aliphatic carbocycles. The number of nitrogens with one attached hydrogen (secondary N) is 1. The second-order valence-electron chi connectivity index (χ2n) is 2.94. The third-order valence-electron chi connectivity index (χ3n) is 2.00. The summed E-state index contributed by atoms with van der Waals surface area (Å²) >= 11 is 0. The van der Waals surface area contributed by atoms with Gasteiger partial charge in [0.25, 0.3) is 0 Å². The number of aromatic nitrogens is 2. The molecule has 1 heterocycles. The van der Waals surface area contributed by atoms with E-state index in [0.29, 0.717) is 0 Å². The Morgan fingerprint density at radius 3 is 2.75 bits per heavy atom. The van der Waals surface area contributed by atoms with E-state index >= 15 is 0 Å². The zero-order valence-electron chi connectivity index (χ0n) is 9.00. The molecule has 0 unspecified atom stereocenters. The van der Waals surface area contributed by atoms with Crippen LogP contribution in [0.5, 0.6) is 0 Å². The second kappa shape index (κ2) is 5.08. The Labute approximate surface area is 93.4 Å². The minimum absolute atomic E-state index is 0.0262. The summed E-state index contributed by atoms with van der Waals surface area (Å²) in [6.45, 7) is 1.52. The van der Waals surface area contributed by atoms with Crippen molar-refractivity contribution < 1.29 is 17.9 Å². The van der Waals surface area contributed by atoms with E-state index in [0.717, 1.165) is 4.31 Å². The Kier molecular flexibility index (Phi) is 4.02. The molecule has 0 saturated heterocycles. The molecular weight excluding hydrogens is 234 g/mol. The highest BCUT2D eigenvalue weighted by atomic mass is 32.2. The molecule has 90 valence electrons. The van der Waals surface area contributed by atoms with Gasteiger partial charge >= 0.3 is 5.97 Å². The number of likely N-dealkylation sites (N-methyl/N-ethyl adjacent to an activating group) is 1. The quantitative estimate of drug-likeness (QED) is 0.714. The van der Waals surface area contributed by atoms with Gasteiger partial charge in [-0.3, -0.25) is 9.89 Å². The van der Waals surface area contributed by atoms with Crippen LogP contribution in [0.1, 0.15) is 6.92 Å². The van der Waals surface area contributed by atoms with E-state index in [4.69, 9.17) is 0 Å². The number of H-pyrrole nitrogens is 1. The highest BCUT2D eigenvalue weighted by Crippen LogP contribution is 2.12. The molecule has 1 rings (SSSR count). The number of aromatic amines is 1. The summed E-state index contributed by atoms with van der Waals surface area (Å²) in [6, 6.07) is 0. The van der Waals surface area contributed by atoms with Crippen LogP contribution in [0, 0.1) is 0 Å². The maximum atomic E-state index is 11.9. The molecule has 16 heavy (non-hydrogen) atoms. The largest absolute Gasteiger partial charge is 0.468 e. The fourth-order valence-corrected chi connectivity index (χ4v) is 2.41. The monoisotopic (exact) mass is 247 g/mol. The molecule has 0 saturated carbocycles. The van der Waals surface area contributed by atoms with Crippen LogP contribution in [0.2, 0.25) is 0 Å². The zero-order chi connectivity index (χ0) is 12.2. The van der Waals surface area contributed by atoms with E-state index in [-0.39, 0.29) is 18.0 Å². The number of esters is 1. The van der Waals surface area contributed by atoms with Crippen LogP contribution in [0.3, 0.4) is 0 Å². The summed E-state index contributed by atoms with van der Waals surface area (Å²) in [4.78, 5) is 11.1. The van der Waals surface area contributed by atoms with Gasteiger partial charge in [0.2, 0.25) is 10.0 Å². The molecule has 0 bridgehead atoms. The molecule has 0 aromatic carbocycles. The van der Waals surface area contributed by atoms with Crippen molar-refractivity contribution in [3.63, 3.8) is 0 Å². The molecule has 0 aliphatic heterocycles. The topological polar surface area (TPSA) is 92.4 Å². The molecule has 1 aromatic heterocycles. The number of sulfonamides is 1. The normalized spacial score (nSPS) is 11.7. The van der Waals surface area contributed by atoms with Gasteiger partial charge in [-0.25, -0.2) is 8.42 Å². The average Bonchev–Trinajstić information content (AvgIpc) is 2.78. The minimum atomic E-state index is -3.67. The van der Waals surface area contributed by atoms with Gasteiger partial charge in [-0.1, -0.05) is 6.92 Å². The van der Waals surface area contributed by atoms with E-state index in [2.05, 4.69) is 14.9 Å². The van der Waals surface area contributed by atoms with E-state index in [1.165, 1.54) is 19.5 Å². The Bertz CT molecular complexity index is 440. The third-order valence-corrected chi connectivity index (χ3v) is 3.88. The Morgan fingerprint density at radius 1 is 1.62 bits per heavy atom. The molecule has 8 heteroatoms. The summed E-state index contributed by atoms with van der Waals surface area (Å²) in [7, 11) is -2.47. The van der Waals surface area contributed by atoms with Gasteiger partial charge in [0.1, 0.15) is 11.4 Å². The molecule has 0 fully saturated rings. The van der Waals surface area contributed by atoms with Gasteiger partial charge in [-0.15, -0.1) is 0 Å². The van der Waals surface area contributed by atoms with Crippen molar-refractivity contribution in [2.24, 2.45) is 0 Å². The lowest BCUT2D eigenvalue weighted by Gasteiger charge is -2.17. The van der Waals surface area contributed by atoms with Crippen LogP contribution >= 0.6 is 0 Å². The van der Waals surface area contributed by atoms with Crippen LogP contribution in [0.25, 0.3) is 0 Å². The molecule has 0 radical (unpaired) electrons. The first-order valence-corrected chi connectivity index (χ1v) is 6.02. The maximum Gasteiger partial charge on any atom is 0.321 e. The third kappa shape index (κ3) is 2.58. The van der Waals surface area contributed by atoms with Gasteiger partial charge in [0.05, 0.1) is 13.3 Å². The van der Waals surface area contributed by atoms with Crippen LogP contribution in [0.15, 0.2) is 17.3 Å². The van der Waals surface area contributed by atoms with Crippen molar-refractivity contribution in [1.82, 2.24) is 14.5 Å². The van der Waals surface area contributed by atoms with E-state index < -0.39 is 16.0 Å². The summed E-state index contributed by atoms with van der Waals surface area (Å²) in [5.74, 6) is -0.603. The van der Waals surface area contributed by atoms with Crippen molar-refractivity contribution in [2.45, 2.75) is 11.8 Å². The first-order chi connectivity index (χ1) is 7.52. The Morgan fingerprint density at radius 2 is 2.31 bits per heavy atom. The van der Waals surface area contributed by atoms with Crippen molar-refractivity contribution in [3.8, 4) is 0 Å². The fourth-order valence-electron chi connectivity index (χ4n) is 1.10. The van der Waals surface area contributed by atoms with E-state index in [1.807, 2.05) is 0 Å². The van der Waals surface area contributed by atoms with Gasteiger partial charge < -0.3 is 4.74 Å². The minimum Gasteiger partial charge on any atom is -0.468 e. The van der Waals surface area contributed by atoms with E-state index in [9.17, 15) is 13.2 Å². The first kappa shape index (κ1) is 12.7. The highest BCUT2D eigenvalue weighted by molar-refractivity contribution is 7.89. The SMILES string of the molecule is CCN(CC(=O)OC)S(=O)(=O)c1cn[nH]c1. The number of carbonyl (C=O) groups is 1. The smallest absolute Gasteiger partial charge is 0.321 e. The van der Waals surface area contributed by atoms with E-state index in [1.54, 1.807) is 6.92 Å². The summed E-state index contributed by atoms with van der Waals surface area (Å²) < 4.78 is 29.3. The number of hydrogen-bond donors (Lipinski definition) is 1. The molecule has 0 aliphatic rings. The molecule has 7 nitrogen and oxygen atoms in total. The lowest BCUT2D eigenvalue weighted by atomic mass is 10.6. The average molecular weight is 247 g/mol. The lowest BCUT2D eigenvalue weighted by molar-refractivity contribution is -0.140. The number of methoxy groups -OCH3 is 1. The van der Waals surface area contributed by atoms with Crippen molar-refractivity contribution in [2.75, 3.05) is 20.2 Å². The fraction of sp³-hybridized carbons (Fsp3) is 0.500. The summed E-state index contributed by atoms with van der Waals surface area (Å²) in [5.41, 5.74) is 0. The molecular formula is C8H13N3O4S. The number of carbonyl (C=O) groups excluding carboxylic acids is 1. The summed E-state index contributed by atoms with van der Waals surface area (Å²) in [6.07, 6.45) is 2.45. The number of rotatable bonds is 5. The number of hydrogen-bond acceptors (Lipinski definition) is 5. The maximum absolute atomic E-state index is 11.9. The molecule has 0 spiro atoms. The predicted molar refractivity (Wildman–Crippen MR) is 55.0 cm³/mol. The second-order valence-corrected chi connectivity index (χ2v) is 4.88. The van der Waals surface area contributed by atoms with Crippen molar-refractivity contribution in [1.29, 1.82) is 0 Å². The van der Waals surface area contributed by atoms with Crippen LogP contribution < -0.4 is 0 Å². The Hall–Kier alpha value is -1.41. The van der Waals surface area contributed by atoms with Crippen LogP contribution in [-0.2, 0) is 19.6 Å². The standard InChI is InChI=1S/C8H13N3O4S/c1-3-11(6-8(12)15-2)16(13,14)7-4-9-10-5-7/h4-5H,3,6H2,1-2H3,(H,9,10). The molecule has 1 aromatic rings. The lowest BCUT2D eigenvalue weighted by Crippen LogP contribution is -2.35. The van der Waals surface area contributed by atoms with Crippen LogP contribution in [-0.4, -0.2) is 49.1 Å². The van der Waals surface area contributed by atoms with Gasteiger partial charge in [-0.05, 0) is 0 Å². The zero-order valence-corrected chi connectivity index (χ0v) is 9.82. The Balaban J connectivity index is 2.92. The number of ether oxygens (including phenoxy) is 1. The molecule has 0 atom stereocenters. The van der Waals surface area contributed by atoms with Crippen molar-refractivity contribution >= 4 is 16.0 Å². The summed E-state index contributed by atoms with van der Waals surface area (Å²) in [5, 5.41) is 5.97. The first-order valence-electron chi connectivity index (χ1n) is 4.58. The van der Waals surface area contributed by atoms with Gasteiger partial charge in [0.15, 0.2) is 0 Å². The van der Waals surface area contributed by atoms with Crippen LogP contribution in [0.4, 0.5) is 0 Å². The highest BCUT2D eigenvalue weighted by Gasteiger charge is 2.26. The number of nitrogens with zero attached hydrogens (tertiary/aromatic N) is 2. The molecule has 0 amide bonds. The van der Waals surface area contributed by atoms with Crippen molar-refractivity contribution in [3.05, 3.63) is 12.4 Å².